The van der Waals surface area contributed by atoms with Gasteiger partial charge in [-0.3, -0.25) is 9.59 Å². The molecule has 3 rings (SSSR count). The van der Waals surface area contributed by atoms with Crippen LogP contribution in [-0.2, 0) is 4.79 Å². The summed E-state index contributed by atoms with van der Waals surface area (Å²) in [4.78, 5) is 27.7. The Morgan fingerprint density at radius 1 is 0.923 bits per heavy atom. The van der Waals surface area contributed by atoms with Gasteiger partial charge in [0.25, 0.3) is 5.91 Å². The molecule has 0 aromatic heterocycles. The van der Waals surface area contributed by atoms with E-state index in [0.717, 1.165) is 24.5 Å². The number of nitrogens with zero attached hydrogens (tertiary/aromatic N) is 2. The number of piperazine rings is 1. The molecule has 0 N–H and O–H groups in total. The number of ether oxygens (including phenoxy) is 2. The van der Waals surface area contributed by atoms with Gasteiger partial charge in [0.2, 0.25) is 0 Å². The SMILES string of the molecule is COc1ccccc1N1CCN(C(=O)c2ccc(OC(C)=O)cc2)CC1. The molecule has 1 fully saturated rings. The van der Waals surface area contributed by atoms with Crippen LogP contribution in [0.3, 0.4) is 0 Å². The lowest BCUT2D eigenvalue weighted by Gasteiger charge is -2.36. The Balaban J connectivity index is 1.62. The van der Waals surface area contributed by atoms with E-state index in [1.54, 1.807) is 31.4 Å². The Morgan fingerprint density at radius 2 is 1.58 bits per heavy atom. The van der Waals surface area contributed by atoms with Gasteiger partial charge < -0.3 is 19.3 Å². The molecular weight excluding hydrogens is 332 g/mol. The summed E-state index contributed by atoms with van der Waals surface area (Å²) in [6.45, 7) is 4.13. The summed E-state index contributed by atoms with van der Waals surface area (Å²) in [7, 11) is 1.66. The smallest absolute Gasteiger partial charge is 0.308 e. The number of amides is 1. The van der Waals surface area contributed by atoms with Crippen molar-refractivity contribution in [3.8, 4) is 11.5 Å². The average Bonchev–Trinajstić information content (AvgIpc) is 2.67. The number of anilines is 1. The Kier molecular flexibility index (Phi) is 5.41. The minimum absolute atomic E-state index is 0.0148. The second-order valence-corrected chi connectivity index (χ2v) is 6.07. The molecule has 0 aliphatic carbocycles. The van der Waals surface area contributed by atoms with Crippen molar-refractivity contribution in [2.75, 3.05) is 38.2 Å². The first-order chi connectivity index (χ1) is 12.6. The van der Waals surface area contributed by atoms with E-state index in [0.29, 0.717) is 24.4 Å². The molecule has 26 heavy (non-hydrogen) atoms. The fourth-order valence-corrected chi connectivity index (χ4v) is 3.06. The second kappa shape index (κ2) is 7.91. The van der Waals surface area contributed by atoms with E-state index >= 15 is 0 Å². The lowest BCUT2D eigenvalue weighted by Crippen LogP contribution is -2.48. The molecular formula is C20H22N2O4. The fraction of sp³-hybridized carbons (Fsp3) is 0.300. The van der Waals surface area contributed by atoms with E-state index in [1.807, 2.05) is 29.2 Å². The summed E-state index contributed by atoms with van der Waals surface area (Å²) >= 11 is 0. The van der Waals surface area contributed by atoms with Crippen LogP contribution in [0.25, 0.3) is 0 Å². The van der Waals surface area contributed by atoms with Crippen LogP contribution in [0.4, 0.5) is 5.69 Å². The van der Waals surface area contributed by atoms with Gasteiger partial charge in [0.1, 0.15) is 11.5 Å². The predicted molar refractivity (Wildman–Crippen MR) is 98.9 cm³/mol. The lowest BCUT2D eigenvalue weighted by molar-refractivity contribution is -0.131. The van der Waals surface area contributed by atoms with E-state index in [2.05, 4.69) is 4.90 Å². The molecule has 6 heteroatoms. The van der Waals surface area contributed by atoms with Crippen LogP contribution in [0.15, 0.2) is 48.5 Å². The molecule has 2 aromatic rings. The maximum absolute atomic E-state index is 12.7. The van der Waals surface area contributed by atoms with Crippen molar-refractivity contribution in [2.24, 2.45) is 0 Å². The quantitative estimate of drug-likeness (QED) is 0.624. The molecule has 1 saturated heterocycles. The highest BCUT2D eigenvalue weighted by Crippen LogP contribution is 2.28. The van der Waals surface area contributed by atoms with Crippen molar-refractivity contribution in [3.05, 3.63) is 54.1 Å². The van der Waals surface area contributed by atoms with E-state index in [9.17, 15) is 9.59 Å². The highest BCUT2D eigenvalue weighted by atomic mass is 16.5. The van der Waals surface area contributed by atoms with Crippen LogP contribution in [0.5, 0.6) is 11.5 Å². The van der Waals surface area contributed by atoms with Crippen LogP contribution in [0.1, 0.15) is 17.3 Å². The largest absolute Gasteiger partial charge is 0.495 e. The average molecular weight is 354 g/mol. The topological polar surface area (TPSA) is 59.1 Å². The Bertz CT molecular complexity index is 781. The molecule has 1 aliphatic rings. The summed E-state index contributed by atoms with van der Waals surface area (Å²) in [5.74, 6) is 0.888. The zero-order valence-electron chi connectivity index (χ0n) is 15.0. The van der Waals surface area contributed by atoms with Crippen LogP contribution in [-0.4, -0.2) is 50.1 Å². The first kappa shape index (κ1) is 17.8. The zero-order valence-corrected chi connectivity index (χ0v) is 15.0. The number of hydrogen-bond donors (Lipinski definition) is 0. The van der Waals surface area contributed by atoms with E-state index in [-0.39, 0.29) is 11.9 Å². The summed E-state index contributed by atoms with van der Waals surface area (Å²) in [5, 5.41) is 0. The predicted octanol–water partition coefficient (Wildman–Crippen LogP) is 2.58. The summed E-state index contributed by atoms with van der Waals surface area (Å²) in [5.41, 5.74) is 1.64. The van der Waals surface area contributed by atoms with Gasteiger partial charge in [0.15, 0.2) is 0 Å². The highest BCUT2D eigenvalue weighted by molar-refractivity contribution is 5.94. The summed E-state index contributed by atoms with van der Waals surface area (Å²) < 4.78 is 10.4. The van der Waals surface area contributed by atoms with Gasteiger partial charge in [-0.1, -0.05) is 12.1 Å². The van der Waals surface area contributed by atoms with Crippen molar-refractivity contribution >= 4 is 17.6 Å². The molecule has 136 valence electrons. The minimum atomic E-state index is -0.378. The van der Waals surface area contributed by atoms with Gasteiger partial charge in [-0.05, 0) is 36.4 Å². The van der Waals surface area contributed by atoms with E-state index < -0.39 is 0 Å². The van der Waals surface area contributed by atoms with Crippen molar-refractivity contribution in [1.82, 2.24) is 4.90 Å². The van der Waals surface area contributed by atoms with Crippen LogP contribution in [0, 0.1) is 0 Å². The van der Waals surface area contributed by atoms with Crippen molar-refractivity contribution in [3.63, 3.8) is 0 Å². The number of benzene rings is 2. The maximum Gasteiger partial charge on any atom is 0.308 e. The molecule has 2 aromatic carbocycles. The first-order valence-electron chi connectivity index (χ1n) is 8.54. The third-order valence-corrected chi connectivity index (χ3v) is 4.36. The molecule has 0 bridgehead atoms. The third-order valence-electron chi connectivity index (χ3n) is 4.36. The summed E-state index contributed by atoms with van der Waals surface area (Å²) in [6.07, 6.45) is 0. The maximum atomic E-state index is 12.7. The van der Waals surface area contributed by atoms with Crippen molar-refractivity contribution in [1.29, 1.82) is 0 Å². The van der Waals surface area contributed by atoms with Crippen LogP contribution >= 0.6 is 0 Å². The van der Waals surface area contributed by atoms with Gasteiger partial charge in [0.05, 0.1) is 12.8 Å². The molecule has 1 heterocycles. The summed E-state index contributed by atoms with van der Waals surface area (Å²) in [6, 6.07) is 14.6. The number of carbonyl (C=O) groups excluding carboxylic acids is 2. The Labute approximate surface area is 152 Å². The lowest BCUT2D eigenvalue weighted by atomic mass is 10.1. The normalized spacial score (nSPS) is 14.1. The first-order valence-corrected chi connectivity index (χ1v) is 8.54. The van der Waals surface area contributed by atoms with Crippen LogP contribution < -0.4 is 14.4 Å². The van der Waals surface area contributed by atoms with Crippen molar-refractivity contribution in [2.45, 2.75) is 6.92 Å². The molecule has 1 aliphatic heterocycles. The second-order valence-electron chi connectivity index (χ2n) is 6.07. The van der Waals surface area contributed by atoms with Gasteiger partial charge >= 0.3 is 5.97 Å². The van der Waals surface area contributed by atoms with Gasteiger partial charge in [-0.15, -0.1) is 0 Å². The number of hydrogen-bond acceptors (Lipinski definition) is 5. The molecule has 0 spiro atoms. The Hall–Kier alpha value is -3.02. The minimum Gasteiger partial charge on any atom is -0.495 e. The standard InChI is InChI=1S/C20H22N2O4/c1-15(23)26-17-9-7-16(8-10-17)20(24)22-13-11-21(12-14-22)18-5-3-4-6-19(18)25-2/h3-10H,11-14H2,1-2H3. The highest BCUT2D eigenvalue weighted by Gasteiger charge is 2.23. The number of carbonyl (C=O) groups is 2. The molecule has 0 saturated carbocycles. The number of para-hydroxylation sites is 2. The fourth-order valence-electron chi connectivity index (χ4n) is 3.06. The van der Waals surface area contributed by atoms with Gasteiger partial charge in [-0.2, -0.15) is 0 Å². The van der Waals surface area contributed by atoms with E-state index in [4.69, 9.17) is 9.47 Å². The monoisotopic (exact) mass is 354 g/mol. The third kappa shape index (κ3) is 3.96. The number of esters is 1. The molecule has 0 atom stereocenters. The molecule has 1 amide bonds. The van der Waals surface area contributed by atoms with E-state index in [1.165, 1.54) is 6.92 Å². The molecule has 0 unspecified atom stereocenters. The van der Waals surface area contributed by atoms with Gasteiger partial charge in [-0.25, -0.2) is 0 Å². The van der Waals surface area contributed by atoms with Crippen LogP contribution in [0.2, 0.25) is 0 Å². The molecule has 0 radical (unpaired) electrons. The zero-order chi connectivity index (χ0) is 18.5. The van der Waals surface area contributed by atoms with Gasteiger partial charge in [0, 0.05) is 38.7 Å². The molecule has 6 nitrogen and oxygen atoms in total. The number of methoxy groups -OCH3 is 1. The Morgan fingerprint density at radius 3 is 2.19 bits per heavy atom. The number of rotatable bonds is 4. The van der Waals surface area contributed by atoms with Crippen molar-refractivity contribution < 1.29 is 19.1 Å².